The third kappa shape index (κ3) is 3.77. The Morgan fingerprint density at radius 1 is 1.38 bits per heavy atom. The molecular weight excluding hydrogens is 331 g/mol. The fourth-order valence-corrected chi connectivity index (χ4v) is 4.31. The molecule has 7 heteroatoms. The van der Waals surface area contributed by atoms with Crippen LogP contribution < -0.4 is 0 Å². The van der Waals surface area contributed by atoms with Crippen molar-refractivity contribution in [3.8, 4) is 0 Å². The van der Waals surface area contributed by atoms with E-state index in [1.54, 1.807) is 16.7 Å². The Balaban J connectivity index is 1.69. The fraction of sp³-hybridized carbons (Fsp3) is 0.500. The van der Waals surface area contributed by atoms with Crippen molar-refractivity contribution < 1.29 is 8.95 Å². The second kappa shape index (κ2) is 6.65. The summed E-state index contributed by atoms with van der Waals surface area (Å²) in [7, 11) is -0.984. The summed E-state index contributed by atoms with van der Waals surface area (Å²) in [5.74, 6) is 0.984. The molecule has 0 radical (unpaired) electrons. The topological polar surface area (TPSA) is 43.6 Å². The molecule has 0 saturated carbocycles. The van der Waals surface area contributed by atoms with E-state index in [-0.39, 0.29) is 6.10 Å². The predicted octanol–water partition coefficient (Wildman–Crippen LogP) is 3.46. The molecule has 0 aromatic carbocycles. The molecule has 0 unspecified atom stereocenters. The van der Waals surface area contributed by atoms with E-state index in [1.807, 2.05) is 6.20 Å². The number of aromatic nitrogens is 2. The molecule has 0 N–H and O–H groups in total. The second-order valence-electron chi connectivity index (χ2n) is 5.21. The van der Waals surface area contributed by atoms with Gasteiger partial charge in [-0.1, -0.05) is 23.2 Å². The lowest BCUT2D eigenvalue weighted by atomic mass is 10.1. The zero-order chi connectivity index (χ0) is 14.8. The first-order valence-electron chi connectivity index (χ1n) is 6.91. The number of imidazole rings is 1. The predicted molar refractivity (Wildman–Crippen MR) is 85.5 cm³/mol. The summed E-state index contributed by atoms with van der Waals surface area (Å²) in [6, 6.07) is 1.65. The van der Waals surface area contributed by atoms with Crippen molar-refractivity contribution in [2.75, 3.05) is 12.4 Å². The van der Waals surface area contributed by atoms with Crippen LogP contribution in [0.4, 0.5) is 0 Å². The zero-order valence-electron chi connectivity index (χ0n) is 11.4. The Kier molecular flexibility index (Phi) is 4.84. The van der Waals surface area contributed by atoms with Crippen LogP contribution in [0.15, 0.2) is 18.5 Å². The second-order valence-corrected chi connectivity index (χ2v) is 7.55. The van der Waals surface area contributed by atoms with E-state index in [9.17, 15) is 4.21 Å². The molecule has 1 fully saturated rings. The number of ether oxygens (including phenoxy) is 1. The molecular formula is C14H16Cl2N2O2S. The molecule has 0 amide bonds. The maximum atomic E-state index is 12.2. The summed E-state index contributed by atoms with van der Waals surface area (Å²) in [5, 5.41) is 1.04. The van der Waals surface area contributed by atoms with Gasteiger partial charge in [0.2, 0.25) is 0 Å². The Bertz CT molecular complexity index is 668. The van der Waals surface area contributed by atoms with E-state index in [2.05, 4.69) is 4.98 Å². The van der Waals surface area contributed by atoms with Gasteiger partial charge < -0.3 is 9.14 Å². The van der Waals surface area contributed by atoms with Crippen molar-refractivity contribution in [3.63, 3.8) is 0 Å². The number of fused-ring (bicyclic) bond motifs is 1. The van der Waals surface area contributed by atoms with Gasteiger partial charge in [0.1, 0.15) is 0 Å². The van der Waals surface area contributed by atoms with Gasteiger partial charge in [-0.3, -0.25) is 4.21 Å². The Morgan fingerprint density at radius 2 is 2.24 bits per heavy atom. The number of halogens is 2. The van der Waals surface area contributed by atoms with Crippen molar-refractivity contribution in [3.05, 3.63) is 34.2 Å². The summed E-state index contributed by atoms with van der Waals surface area (Å²) in [4.78, 5) is 4.42. The SMILES string of the molecule is O=[S@@](Cc1cn2cc(Cl)cc(Cl)c2n1)C[C@@H]1CCCCO1. The molecule has 114 valence electrons. The highest BCUT2D eigenvalue weighted by Crippen LogP contribution is 2.22. The van der Waals surface area contributed by atoms with Crippen LogP contribution in [-0.4, -0.2) is 32.1 Å². The molecule has 3 rings (SSSR count). The largest absolute Gasteiger partial charge is 0.377 e. The van der Waals surface area contributed by atoms with Crippen LogP contribution in [0.25, 0.3) is 5.65 Å². The molecule has 0 spiro atoms. The number of pyridine rings is 1. The van der Waals surface area contributed by atoms with Gasteiger partial charge in [-0.05, 0) is 25.3 Å². The highest BCUT2D eigenvalue weighted by Gasteiger charge is 2.18. The summed E-state index contributed by atoms with van der Waals surface area (Å²) >= 11 is 12.1. The Morgan fingerprint density at radius 3 is 3.00 bits per heavy atom. The molecule has 2 aromatic rings. The molecule has 3 heterocycles. The van der Waals surface area contributed by atoms with E-state index in [0.29, 0.717) is 27.2 Å². The maximum absolute atomic E-state index is 12.2. The molecule has 2 aromatic heterocycles. The number of rotatable bonds is 4. The molecule has 0 bridgehead atoms. The van der Waals surface area contributed by atoms with Crippen molar-refractivity contribution >= 4 is 39.6 Å². The highest BCUT2D eigenvalue weighted by molar-refractivity contribution is 7.84. The first-order valence-corrected chi connectivity index (χ1v) is 9.15. The summed E-state index contributed by atoms with van der Waals surface area (Å²) in [6.07, 6.45) is 6.95. The van der Waals surface area contributed by atoms with Crippen LogP contribution in [-0.2, 0) is 21.3 Å². The van der Waals surface area contributed by atoms with Crippen LogP contribution in [0.3, 0.4) is 0 Å². The normalized spacial score (nSPS) is 20.8. The van der Waals surface area contributed by atoms with E-state index < -0.39 is 10.8 Å². The van der Waals surface area contributed by atoms with Crippen LogP contribution in [0, 0.1) is 0 Å². The molecule has 1 saturated heterocycles. The van der Waals surface area contributed by atoms with Crippen LogP contribution in [0.1, 0.15) is 25.0 Å². The molecule has 4 nitrogen and oxygen atoms in total. The summed E-state index contributed by atoms with van der Waals surface area (Å²) in [6.45, 7) is 0.782. The number of hydrogen-bond donors (Lipinski definition) is 0. The minimum atomic E-state index is -0.984. The summed E-state index contributed by atoms with van der Waals surface area (Å²) < 4.78 is 19.6. The van der Waals surface area contributed by atoms with E-state index >= 15 is 0 Å². The Labute approximate surface area is 135 Å². The van der Waals surface area contributed by atoms with Crippen LogP contribution in [0.2, 0.25) is 10.0 Å². The monoisotopic (exact) mass is 346 g/mol. The molecule has 1 aliphatic heterocycles. The van der Waals surface area contributed by atoms with Gasteiger partial charge in [0.25, 0.3) is 0 Å². The first kappa shape index (κ1) is 15.3. The quantitative estimate of drug-likeness (QED) is 0.851. The Hall–Kier alpha value is -0.620. The highest BCUT2D eigenvalue weighted by atomic mass is 35.5. The zero-order valence-corrected chi connectivity index (χ0v) is 13.8. The van der Waals surface area contributed by atoms with Gasteiger partial charge in [-0.15, -0.1) is 0 Å². The van der Waals surface area contributed by atoms with E-state index in [0.717, 1.165) is 31.6 Å². The standard InChI is InChI=1S/C14H16Cl2N2O2S/c15-10-5-13(16)14-17-11(7-18(14)6-10)8-21(19)9-12-3-1-2-4-20-12/h5-7,12H,1-4,8-9H2/t12-,21-/m0/s1. The van der Waals surface area contributed by atoms with Crippen molar-refractivity contribution in [2.45, 2.75) is 31.1 Å². The maximum Gasteiger partial charge on any atom is 0.155 e. The lowest BCUT2D eigenvalue weighted by molar-refractivity contribution is 0.0310. The van der Waals surface area contributed by atoms with Gasteiger partial charge in [0.15, 0.2) is 5.65 Å². The van der Waals surface area contributed by atoms with Gasteiger partial charge in [0, 0.05) is 29.8 Å². The average Bonchev–Trinajstić information content (AvgIpc) is 2.82. The fourth-order valence-electron chi connectivity index (χ4n) is 2.51. The lowest BCUT2D eigenvalue weighted by Gasteiger charge is -2.21. The number of nitrogens with zero attached hydrogens (tertiary/aromatic N) is 2. The molecule has 0 aliphatic carbocycles. The molecule has 1 aliphatic rings. The van der Waals surface area contributed by atoms with E-state index in [4.69, 9.17) is 27.9 Å². The first-order chi connectivity index (χ1) is 10.1. The van der Waals surface area contributed by atoms with Gasteiger partial charge >= 0.3 is 0 Å². The van der Waals surface area contributed by atoms with Gasteiger partial charge in [-0.25, -0.2) is 4.98 Å². The lowest BCUT2D eigenvalue weighted by Crippen LogP contribution is -2.25. The average molecular weight is 347 g/mol. The van der Waals surface area contributed by atoms with Crippen molar-refractivity contribution in [1.29, 1.82) is 0 Å². The van der Waals surface area contributed by atoms with Crippen LogP contribution in [0.5, 0.6) is 0 Å². The van der Waals surface area contributed by atoms with E-state index in [1.165, 1.54) is 0 Å². The number of hydrogen-bond acceptors (Lipinski definition) is 3. The third-order valence-electron chi connectivity index (χ3n) is 3.48. The molecule has 2 atom stereocenters. The van der Waals surface area contributed by atoms with Gasteiger partial charge in [-0.2, -0.15) is 0 Å². The van der Waals surface area contributed by atoms with Crippen molar-refractivity contribution in [1.82, 2.24) is 9.38 Å². The van der Waals surface area contributed by atoms with Crippen molar-refractivity contribution in [2.24, 2.45) is 0 Å². The molecule has 21 heavy (non-hydrogen) atoms. The van der Waals surface area contributed by atoms with Crippen LogP contribution >= 0.6 is 23.2 Å². The smallest absolute Gasteiger partial charge is 0.155 e. The minimum Gasteiger partial charge on any atom is -0.377 e. The third-order valence-corrected chi connectivity index (χ3v) is 5.32. The summed E-state index contributed by atoms with van der Waals surface area (Å²) in [5.41, 5.74) is 1.40. The van der Waals surface area contributed by atoms with Gasteiger partial charge in [0.05, 0.1) is 33.3 Å². The minimum absolute atomic E-state index is 0.120.